The zero-order valence-corrected chi connectivity index (χ0v) is 18.5. The maximum absolute atomic E-state index is 12.3. The van der Waals surface area contributed by atoms with E-state index in [1.807, 2.05) is 73.3 Å². The highest BCUT2D eigenvalue weighted by Crippen LogP contribution is 2.41. The van der Waals surface area contributed by atoms with Crippen molar-refractivity contribution in [2.24, 2.45) is 10.9 Å². The van der Waals surface area contributed by atoms with Crippen molar-refractivity contribution in [3.8, 4) is 11.5 Å². The van der Waals surface area contributed by atoms with E-state index >= 15 is 0 Å². The molecule has 6 nitrogen and oxygen atoms in total. The molecule has 2 aromatic rings. The van der Waals surface area contributed by atoms with Crippen LogP contribution in [-0.4, -0.2) is 42.3 Å². The Morgan fingerprint density at radius 3 is 2.43 bits per heavy atom. The average Bonchev–Trinajstić information content (AvgIpc) is 3.13. The lowest BCUT2D eigenvalue weighted by molar-refractivity contribution is -0.118. The molecule has 0 bridgehead atoms. The minimum absolute atomic E-state index is 0.0737. The van der Waals surface area contributed by atoms with Gasteiger partial charge in [0.25, 0.3) is 0 Å². The third-order valence-corrected chi connectivity index (χ3v) is 8.17. The Labute approximate surface area is 181 Å². The van der Waals surface area contributed by atoms with Crippen molar-refractivity contribution < 1.29 is 17.9 Å². The Balaban J connectivity index is 1.60. The molecule has 2 atom stereocenters. The molecule has 2 aliphatic rings. The number of sulfone groups is 1. The molecule has 158 valence electrons. The summed E-state index contributed by atoms with van der Waals surface area (Å²) in [7, 11) is -3.09. The van der Waals surface area contributed by atoms with E-state index in [2.05, 4.69) is 4.99 Å². The van der Waals surface area contributed by atoms with Gasteiger partial charge < -0.3 is 9.64 Å². The highest BCUT2D eigenvalue weighted by molar-refractivity contribution is 8.16. The number of aliphatic imine (C=N–C) groups is 1. The first-order valence-electron chi connectivity index (χ1n) is 9.91. The zero-order chi connectivity index (χ0) is 21.3. The molecular weight excluding hydrogens is 420 g/mol. The Kier molecular flexibility index (Phi) is 5.88. The number of ether oxygens (including phenoxy) is 1. The maximum atomic E-state index is 12.3. The quantitative estimate of drug-likeness (QED) is 0.690. The summed E-state index contributed by atoms with van der Waals surface area (Å²) in [6.07, 6.45) is 0.370. The number of thioether (sulfide) groups is 1. The Bertz CT molecular complexity index is 1050. The van der Waals surface area contributed by atoms with Crippen molar-refractivity contribution in [2.75, 3.05) is 16.4 Å². The highest BCUT2D eigenvalue weighted by atomic mass is 32.2. The fourth-order valence-electron chi connectivity index (χ4n) is 3.67. The molecular formula is C22H24N2O4S2. The van der Waals surface area contributed by atoms with Crippen LogP contribution in [0, 0.1) is 5.92 Å². The van der Waals surface area contributed by atoms with Crippen molar-refractivity contribution >= 4 is 38.4 Å². The first-order valence-corrected chi connectivity index (χ1v) is 12.6. The maximum Gasteiger partial charge on any atom is 0.248 e. The number of hydrogen-bond acceptors (Lipinski definition) is 5. The number of anilines is 1. The van der Waals surface area contributed by atoms with Crippen LogP contribution in [0.1, 0.15) is 20.3 Å². The van der Waals surface area contributed by atoms with Crippen LogP contribution in [0.4, 0.5) is 5.69 Å². The molecule has 0 radical (unpaired) electrons. The minimum atomic E-state index is -3.09. The summed E-state index contributed by atoms with van der Waals surface area (Å²) in [4.78, 5) is 18.6. The lowest BCUT2D eigenvalue weighted by Crippen LogP contribution is -2.37. The van der Waals surface area contributed by atoms with E-state index in [0.29, 0.717) is 17.3 Å². The van der Waals surface area contributed by atoms with E-state index in [0.717, 1.165) is 11.4 Å². The van der Waals surface area contributed by atoms with E-state index in [1.165, 1.54) is 11.8 Å². The first kappa shape index (κ1) is 20.9. The number of nitrogens with zero attached hydrogens (tertiary/aromatic N) is 2. The number of rotatable bonds is 5. The summed E-state index contributed by atoms with van der Waals surface area (Å²) in [5.41, 5.74) is 0.809. The van der Waals surface area contributed by atoms with Crippen LogP contribution in [0.2, 0.25) is 0 Å². The van der Waals surface area contributed by atoms with Gasteiger partial charge in [0.2, 0.25) is 5.91 Å². The topological polar surface area (TPSA) is 76.0 Å². The van der Waals surface area contributed by atoms with E-state index < -0.39 is 9.84 Å². The number of carbonyl (C=O) groups excluding carboxylic acids is 1. The minimum Gasteiger partial charge on any atom is -0.457 e. The number of hydrogen-bond donors (Lipinski definition) is 0. The predicted octanol–water partition coefficient (Wildman–Crippen LogP) is 4.13. The second-order valence-corrected chi connectivity index (χ2v) is 11.3. The van der Waals surface area contributed by atoms with Gasteiger partial charge in [-0.05, 0) is 42.3 Å². The third kappa shape index (κ3) is 4.70. The van der Waals surface area contributed by atoms with Gasteiger partial charge in [-0.25, -0.2) is 8.42 Å². The summed E-state index contributed by atoms with van der Waals surface area (Å²) in [5, 5.41) is 0.475. The predicted molar refractivity (Wildman–Crippen MR) is 121 cm³/mol. The number of benzene rings is 2. The summed E-state index contributed by atoms with van der Waals surface area (Å²) in [6, 6.07) is 16.7. The average molecular weight is 445 g/mol. The van der Waals surface area contributed by atoms with Crippen LogP contribution < -0.4 is 9.64 Å². The van der Waals surface area contributed by atoms with Gasteiger partial charge >= 0.3 is 0 Å². The monoisotopic (exact) mass is 444 g/mol. The van der Waals surface area contributed by atoms with Crippen LogP contribution in [0.25, 0.3) is 0 Å². The molecule has 2 aromatic carbocycles. The van der Waals surface area contributed by atoms with Crippen molar-refractivity contribution in [3.05, 3.63) is 54.6 Å². The van der Waals surface area contributed by atoms with E-state index in [4.69, 9.17) is 4.74 Å². The Morgan fingerprint density at radius 1 is 1.10 bits per heavy atom. The third-order valence-electron chi connectivity index (χ3n) is 4.96. The van der Waals surface area contributed by atoms with Crippen molar-refractivity contribution in [2.45, 2.75) is 31.6 Å². The second kappa shape index (κ2) is 8.43. The van der Waals surface area contributed by atoms with Crippen molar-refractivity contribution in [3.63, 3.8) is 0 Å². The van der Waals surface area contributed by atoms with Gasteiger partial charge in [-0.3, -0.25) is 4.79 Å². The van der Waals surface area contributed by atoms with Crippen LogP contribution in [-0.2, 0) is 14.6 Å². The number of amides is 1. The molecule has 1 amide bonds. The molecule has 2 saturated heterocycles. The molecule has 0 N–H and O–H groups in total. The molecule has 2 aliphatic heterocycles. The van der Waals surface area contributed by atoms with Gasteiger partial charge in [0.15, 0.2) is 15.0 Å². The van der Waals surface area contributed by atoms with Gasteiger partial charge in [-0.15, -0.1) is 0 Å². The lowest BCUT2D eigenvalue weighted by atomic mass is 10.1. The number of fused-ring (bicyclic) bond motifs is 1. The summed E-state index contributed by atoms with van der Waals surface area (Å²) < 4.78 is 30.2. The molecule has 0 aliphatic carbocycles. The number of amidine groups is 1. The Hall–Kier alpha value is -2.32. The second-order valence-electron chi connectivity index (χ2n) is 7.97. The first-order chi connectivity index (χ1) is 14.3. The van der Waals surface area contributed by atoms with E-state index in [9.17, 15) is 13.2 Å². The van der Waals surface area contributed by atoms with Gasteiger partial charge in [-0.1, -0.05) is 43.8 Å². The fourth-order valence-corrected chi connectivity index (χ4v) is 7.60. The smallest absolute Gasteiger partial charge is 0.248 e. The molecule has 0 unspecified atom stereocenters. The molecule has 0 saturated carbocycles. The van der Waals surface area contributed by atoms with Crippen LogP contribution in [0.15, 0.2) is 59.6 Å². The van der Waals surface area contributed by atoms with Gasteiger partial charge in [0.1, 0.15) is 11.5 Å². The van der Waals surface area contributed by atoms with Crippen LogP contribution in [0.3, 0.4) is 0 Å². The summed E-state index contributed by atoms with van der Waals surface area (Å²) in [6.45, 7) is 3.95. The molecule has 2 heterocycles. The standard InChI is InChI=1S/C22H24N2O4S2/c1-15(2)12-21(25)23-22-24(19-13-30(26,27)14-20(19)29-22)16-8-10-18(11-9-16)28-17-6-4-3-5-7-17/h3-11,15,19-20H,12-14H2,1-2H3/t19-,20+/m1/s1. The highest BCUT2D eigenvalue weighted by Gasteiger charge is 2.49. The molecule has 2 fully saturated rings. The lowest BCUT2D eigenvalue weighted by Gasteiger charge is -2.24. The van der Waals surface area contributed by atoms with Crippen molar-refractivity contribution in [1.82, 2.24) is 0 Å². The molecule has 4 rings (SSSR count). The van der Waals surface area contributed by atoms with Crippen molar-refractivity contribution in [1.29, 1.82) is 0 Å². The molecule has 0 aromatic heterocycles. The molecule has 8 heteroatoms. The number of para-hydroxylation sites is 1. The SMILES string of the molecule is CC(C)CC(=O)N=C1S[C@H]2CS(=O)(=O)C[C@H]2N1c1ccc(Oc2ccccc2)cc1. The van der Waals surface area contributed by atoms with E-state index in [1.54, 1.807) is 0 Å². The summed E-state index contributed by atoms with van der Waals surface area (Å²) in [5.74, 6) is 1.66. The zero-order valence-electron chi connectivity index (χ0n) is 16.9. The van der Waals surface area contributed by atoms with Crippen LogP contribution in [0.5, 0.6) is 11.5 Å². The molecule has 0 spiro atoms. The largest absolute Gasteiger partial charge is 0.457 e. The normalized spacial score (nSPS) is 23.7. The summed E-state index contributed by atoms with van der Waals surface area (Å²) >= 11 is 1.39. The van der Waals surface area contributed by atoms with Gasteiger partial charge in [-0.2, -0.15) is 4.99 Å². The Morgan fingerprint density at radius 2 is 1.77 bits per heavy atom. The fraction of sp³-hybridized carbons (Fsp3) is 0.364. The number of carbonyl (C=O) groups is 1. The van der Waals surface area contributed by atoms with Crippen LogP contribution >= 0.6 is 11.8 Å². The molecule has 30 heavy (non-hydrogen) atoms. The van der Waals surface area contributed by atoms with Gasteiger partial charge in [0.05, 0.1) is 17.5 Å². The van der Waals surface area contributed by atoms with Gasteiger partial charge in [0, 0.05) is 17.4 Å². The van der Waals surface area contributed by atoms with E-state index in [-0.39, 0.29) is 34.6 Å².